The number of benzene rings is 1. The number of para-hydroxylation sites is 1. The third-order valence-electron chi connectivity index (χ3n) is 3.76. The van der Waals surface area contributed by atoms with Crippen molar-refractivity contribution in [2.75, 3.05) is 18.0 Å². The van der Waals surface area contributed by atoms with E-state index in [-0.39, 0.29) is 5.92 Å². The van der Waals surface area contributed by atoms with Crippen LogP contribution >= 0.6 is 0 Å². The van der Waals surface area contributed by atoms with Crippen molar-refractivity contribution in [1.29, 1.82) is 0 Å². The van der Waals surface area contributed by atoms with E-state index in [9.17, 15) is 9.90 Å². The zero-order valence-corrected chi connectivity index (χ0v) is 9.80. The van der Waals surface area contributed by atoms with Crippen LogP contribution in [0.1, 0.15) is 18.4 Å². The van der Waals surface area contributed by atoms with Crippen LogP contribution < -0.4 is 4.90 Å². The van der Waals surface area contributed by atoms with Gasteiger partial charge in [-0.1, -0.05) is 18.2 Å². The number of anilines is 1. The Morgan fingerprint density at radius 2 is 2.12 bits per heavy atom. The number of rotatable bonds is 3. The first-order valence-corrected chi connectivity index (χ1v) is 6.29. The van der Waals surface area contributed by atoms with Gasteiger partial charge in [-0.2, -0.15) is 0 Å². The maximum absolute atomic E-state index is 11.2. The summed E-state index contributed by atoms with van der Waals surface area (Å²) in [6, 6.07) is 8.22. The lowest BCUT2D eigenvalue weighted by Crippen LogP contribution is -2.40. The van der Waals surface area contributed by atoms with E-state index in [4.69, 9.17) is 0 Å². The lowest BCUT2D eigenvalue weighted by molar-refractivity contribution is -0.141. The number of fused-ring (bicyclic) bond motifs is 1. The van der Waals surface area contributed by atoms with Crippen LogP contribution in [0.4, 0.5) is 5.69 Å². The molecule has 2 aliphatic rings. The van der Waals surface area contributed by atoms with Gasteiger partial charge in [0.15, 0.2) is 0 Å². The summed E-state index contributed by atoms with van der Waals surface area (Å²) in [6.45, 7) is 1.70. The van der Waals surface area contributed by atoms with E-state index < -0.39 is 5.97 Å². The van der Waals surface area contributed by atoms with E-state index in [2.05, 4.69) is 17.0 Å². The summed E-state index contributed by atoms with van der Waals surface area (Å²) in [4.78, 5) is 13.5. The maximum atomic E-state index is 11.2. The average molecular weight is 231 g/mol. The van der Waals surface area contributed by atoms with Crippen LogP contribution in [0.5, 0.6) is 0 Å². The van der Waals surface area contributed by atoms with Crippen LogP contribution in [0.2, 0.25) is 0 Å². The Kier molecular flexibility index (Phi) is 2.54. The highest BCUT2D eigenvalue weighted by Crippen LogP contribution is 2.35. The number of carboxylic acid groups (broad SMARTS) is 1. The highest BCUT2D eigenvalue weighted by atomic mass is 16.4. The molecule has 1 heterocycles. The molecule has 17 heavy (non-hydrogen) atoms. The Balaban J connectivity index is 1.88. The fourth-order valence-electron chi connectivity index (χ4n) is 2.64. The second-order valence-electron chi connectivity index (χ2n) is 5.22. The zero-order chi connectivity index (χ0) is 11.8. The van der Waals surface area contributed by atoms with Gasteiger partial charge in [-0.05, 0) is 36.8 Å². The highest BCUT2D eigenvalue weighted by molar-refractivity contribution is 5.73. The smallest absolute Gasteiger partial charge is 0.308 e. The highest BCUT2D eigenvalue weighted by Gasteiger charge is 2.32. The molecule has 90 valence electrons. The Bertz CT molecular complexity index is 440. The number of aliphatic carboxylic acids is 1. The Morgan fingerprint density at radius 1 is 1.35 bits per heavy atom. The molecule has 1 atom stereocenters. The van der Waals surface area contributed by atoms with Crippen molar-refractivity contribution in [2.24, 2.45) is 11.8 Å². The molecule has 0 radical (unpaired) electrons. The van der Waals surface area contributed by atoms with Crippen molar-refractivity contribution in [1.82, 2.24) is 0 Å². The predicted octanol–water partition coefficient (Wildman–Crippen LogP) is 2.16. The van der Waals surface area contributed by atoms with E-state index in [1.165, 1.54) is 24.1 Å². The summed E-state index contributed by atoms with van der Waals surface area (Å²) in [6.07, 6.45) is 3.28. The second-order valence-corrected chi connectivity index (χ2v) is 5.22. The van der Waals surface area contributed by atoms with Crippen LogP contribution in [0.15, 0.2) is 24.3 Å². The van der Waals surface area contributed by atoms with Crippen LogP contribution in [0.25, 0.3) is 0 Å². The van der Waals surface area contributed by atoms with Crippen molar-refractivity contribution in [3.63, 3.8) is 0 Å². The summed E-state index contributed by atoms with van der Waals surface area (Å²) in [5.74, 6) is -0.125. The molecule has 1 N–H and O–H groups in total. The largest absolute Gasteiger partial charge is 0.481 e. The molecular formula is C14H17NO2. The molecule has 1 fully saturated rings. The maximum Gasteiger partial charge on any atom is 0.308 e. The third kappa shape index (κ3) is 2.14. The van der Waals surface area contributed by atoms with Crippen LogP contribution in [0, 0.1) is 11.8 Å². The van der Waals surface area contributed by atoms with Gasteiger partial charge in [0.1, 0.15) is 0 Å². The minimum absolute atomic E-state index is 0.247. The first kappa shape index (κ1) is 10.6. The molecule has 0 amide bonds. The van der Waals surface area contributed by atoms with E-state index in [1.807, 2.05) is 12.1 Å². The van der Waals surface area contributed by atoms with Crippen LogP contribution in [0.3, 0.4) is 0 Å². The summed E-state index contributed by atoms with van der Waals surface area (Å²) in [5, 5.41) is 9.20. The van der Waals surface area contributed by atoms with E-state index in [0.717, 1.165) is 12.5 Å². The number of hydrogen-bond donors (Lipinski definition) is 1. The monoisotopic (exact) mass is 231 g/mol. The molecule has 0 bridgehead atoms. The van der Waals surface area contributed by atoms with Gasteiger partial charge in [0.2, 0.25) is 0 Å². The molecule has 1 unspecified atom stereocenters. The third-order valence-corrected chi connectivity index (χ3v) is 3.76. The second kappa shape index (κ2) is 4.06. The summed E-state index contributed by atoms with van der Waals surface area (Å²) in [7, 11) is 0. The zero-order valence-electron chi connectivity index (χ0n) is 9.80. The number of carbonyl (C=O) groups is 1. The summed E-state index contributed by atoms with van der Waals surface area (Å²) < 4.78 is 0. The normalized spacial score (nSPS) is 23.3. The molecule has 3 rings (SSSR count). The molecule has 3 nitrogen and oxygen atoms in total. The molecule has 0 aromatic heterocycles. The van der Waals surface area contributed by atoms with Crippen molar-refractivity contribution in [3.8, 4) is 0 Å². The van der Waals surface area contributed by atoms with Gasteiger partial charge in [0, 0.05) is 18.8 Å². The van der Waals surface area contributed by atoms with Gasteiger partial charge < -0.3 is 10.0 Å². The average Bonchev–Trinajstić information content (AvgIpc) is 3.13. The van der Waals surface area contributed by atoms with Crippen molar-refractivity contribution < 1.29 is 9.90 Å². The lowest BCUT2D eigenvalue weighted by atomic mass is 9.92. The molecule has 1 aliphatic heterocycles. The predicted molar refractivity (Wildman–Crippen MR) is 66.2 cm³/mol. The van der Waals surface area contributed by atoms with Crippen LogP contribution in [-0.2, 0) is 11.2 Å². The van der Waals surface area contributed by atoms with Crippen LogP contribution in [-0.4, -0.2) is 24.2 Å². The Morgan fingerprint density at radius 3 is 2.82 bits per heavy atom. The summed E-state index contributed by atoms with van der Waals surface area (Å²) in [5.41, 5.74) is 2.43. The summed E-state index contributed by atoms with van der Waals surface area (Å²) >= 11 is 0. The van der Waals surface area contributed by atoms with Gasteiger partial charge in [0.25, 0.3) is 0 Å². The molecule has 1 aromatic rings. The van der Waals surface area contributed by atoms with Crippen molar-refractivity contribution in [2.45, 2.75) is 19.3 Å². The van der Waals surface area contributed by atoms with E-state index >= 15 is 0 Å². The molecule has 1 aromatic carbocycles. The van der Waals surface area contributed by atoms with Crippen molar-refractivity contribution in [3.05, 3.63) is 29.8 Å². The quantitative estimate of drug-likeness (QED) is 0.866. The first-order valence-electron chi connectivity index (χ1n) is 6.29. The Hall–Kier alpha value is -1.51. The van der Waals surface area contributed by atoms with Gasteiger partial charge in [-0.25, -0.2) is 0 Å². The number of hydrogen-bond acceptors (Lipinski definition) is 2. The molecule has 1 saturated carbocycles. The van der Waals surface area contributed by atoms with E-state index in [0.29, 0.717) is 13.0 Å². The van der Waals surface area contributed by atoms with Gasteiger partial charge >= 0.3 is 5.97 Å². The van der Waals surface area contributed by atoms with Gasteiger partial charge in [0.05, 0.1) is 5.92 Å². The number of nitrogens with zero attached hydrogens (tertiary/aromatic N) is 1. The fraction of sp³-hybridized carbons (Fsp3) is 0.500. The van der Waals surface area contributed by atoms with Gasteiger partial charge in [-0.15, -0.1) is 0 Å². The number of carboxylic acids is 1. The fourth-order valence-corrected chi connectivity index (χ4v) is 2.64. The Labute approximate surface area is 101 Å². The lowest BCUT2D eigenvalue weighted by Gasteiger charge is -2.34. The topological polar surface area (TPSA) is 40.5 Å². The van der Waals surface area contributed by atoms with Gasteiger partial charge in [-0.3, -0.25) is 4.79 Å². The molecule has 0 saturated heterocycles. The molecular weight excluding hydrogens is 214 g/mol. The minimum Gasteiger partial charge on any atom is -0.481 e. The van der Waals surface area contributed by atoms with Crippen molar-refractivity contribution >= 4 is 11.7 Å². The SMILES string of the molecule is O=C(O)C1Cc2ccccc2N(CC2CC2)C1. The minimum atomic E-state index is -0.666. The molecule has 0 spiro atoms. The first-order chi connectivity index (χ1) is 8.24. The standard InChI is InChI=1S/C14H17NO2/c16-14(17)12-7-11-3-1-2-4-13(11)15(9-12)8-10-5-6-10/h1-4,10,12H,5-9H2,(H,16,17). The molecule has 1 aliphatic carbocycles. The molecule has 3 heteroatoms. The van der Waals surface area contributed by atoms with E-state index in [1.54, 1.807) is 0 Å².